The summed E-state index contributed by atoms with van der Waals surface area (Å²) in [4.78, 5) is 11.9. The van der Waals surface area contributed by atoms with E-state index in [2.05, 4.69) is 24.3 Å². The van der Waals surface area contributed by atoms with Gasteiger partial charge >= 0.3 is 0 Å². The molecule has 1 aromatic rings. The number of Topliss-reactive ketones (excluding diaryl/α,β-unsaturated/α-hetero) is 1. The minimum absolute atomic E-state index is 0.256. The first kappa shape index (κ1) is 10.3. The number of allylic oxidation sites excluding steroid dienone is 6. The molecule has 0 saturated heterocycles. The van der Waals surface area contributed by atoms with Crippen molar-refractivity contribution in [3.63, 3.8) is 0 Å². The quantitative estimate of drug-likeness (QED) is 0.710. The Morgan fingerprint density at radius 3 is 2.71 bits per heavy atom. The molecule has 0 heterocycles. The van der Waals surface area contributed by atoms with Gasteiger partial charge < -0.3 is 0 Å². The van der Waals surface area contributed by atoms with Crippen LogP contribution in [-0.2, 0) is 4.79 Å². The van der Waals surface area contributed by atoms with Gasteiger partial charge in [-0.3, -0.25) is 4.79 Å². The predicted molar refractivity (Wildman–Crippen MR) is 68.7 cm³/mol. The fourth-order valence-corrected chi connectivity index (χ4v) is 2.71. The number of rotatable bonds is 1. The highest BCUT2D eigenvalue weighted by Gasteiger charge is 2.29. The van der Waals surface area contributed by atoms with E-state index in [-0.39, 0.29) is 11.7 Å². The molecule has 1 unspecified atom stereocenters. The van der Waals surface area contributed by atoms with Crippen LogP contribution in [0.4, 0.5) is 0 Å². The normalized spacial score (nSPS) is 22.8. The number of carbonyl (C=O) groups is 1. The van der Waals surface area contributed by atoms with E-state index in [0.29, 0.717) is 6.42 Å². The Morgan fingerprint density at radius 2 is 1.94 bits per heavy atom. The van der Waals surface area contributed by atoms with E-state index in [4.69, 9.17) is 0 Å². The van der Waals surface area contributed by atoms with E-state index in [9.17, 15) is 4.79 Å². The van der Waals surface area contributed by atoms with Gasteiger partial charge in [0.1, 0.15) is 0 Å². The lowest BCUT2D eigenvalue weighted by Gasteiger charge is -2.15. The zero-order chi connectivity index (χ0) is 11.8. The van der Waals surface area contributed by atoms with Gasteiger partial charge in [0, 0.05) is 17.9 Å². The average Bonchev–Trinajstić information content (AvgIpc) is 2.69. The summed E-state index contributed by atoms with van der Waals surface area (Å²) < 4.78 is 0. The Morgan fingerprint density at radius 1 is 1.18 bits per heavy atom. The molecule has 0 spiro atoms. The van der Waals surface area contributed by atoms with Gasteiger partial charge in [-0.1, -0.05) is 48.6 Å². The Hall–Kier alpha value is -1.89. The zero-order valence-electron chi connectivity index (χ0n) is 9.81. The van der Waals surface area contributed by atoms with Gasteiger partial charge in [0.2, 0.25) is 0 Å². The van der Waals surface area contributed by atoms with Crippen molar-refractivity contribution in [1.29, 1.82) is 0 Å². The van der Waals surface area contributed by atoms with Crippen LogP contribution in [0.3, 0.4) is 0 Å². The SMILES string of the molecule is CC1=CC(c2ccccc2)C2=C1C(=O)CC=C2. The van der Waals surface area contributed by atoms with Crippen molar-refractivity contribution in [1.82, 2.24) is 0 Å². The minimum Gasteiger partial charge on any atom is -0.294 e. The second-order valence-corrected chi connectivity index (χ2v) is 4.60. The third-order valence-electron chi connectivity index (χ3n) is 3.47. The molecular weight excluding hydrogens is 208 g/mol. The first-order valence-corrected chi connectivity index (χ1v) is 5.95. The lowest BCUT2D eigenvalue weighted by Crippen LogP contribution is -2.07. The number of carbonyl (C=O) groups excluding carboxylic acids is 1. The van der Waals surface area contributed by atoms with Gasteiger partial charge in [0.25, 0.3) is 0 Å². The fraction of sp³-hybridized carbons (Fsp3) is 0.188. The highest BCUT2D eigenvalue weighted by Crippen LogP contribution is 2.41. The molecule has 1 aromatic carbocycles. The zero-order valence-corrected chi connectivity index (χ0v) is 9.81. The van der Waals surface area contributed by atoms with Gasteiger partial charge in [-0.25, -0.2) is 0 Å². The van der Waals surface area contributed by atoms with Crippen LogP contribution in [0, 0.1) is 0 Å². The van der Waals surface area contributed by atoms with E-state index in [1.165, 1.54) is 11.1 Å². The second kappa shape index (κ2) is 3.85. The molecule has 2 aliphatic carbocycles. The average molecular weight is 222 g/mol. The van der Waals surface area contributed by atoms with Crippen LogP contribution in [-0.4, -0.2) is 5.78 Å². The van der Waals surface area contributed by atoms with Crippen LogP contribution in [0.5, 0.6) is 0 Å². The predicted octanol–water partition coefficient (Wildman–Crippen LogP) is 3.56. The fourth-order valence-electron chi connectivity index (χ4n) is 2.71. The van der Waals surface area contributed by atoms with Crippen LogP contribution in [0.2, 0.25) is 0 Å². The van der Waals surface area contributed by atoms with Gasteiger partial charge in [0.05, 0.1) is 0 Å². The largest absolute Gasteiger partial charge is 0.294 e. The van der Waals surface area contributed by atoms with Gasteiger partial charge in [-0.15, -0.1) is 0 Å². The first-order valence-electron chi connectivity index (χ1n) is 5.95. The monoisotopic (exact) mass is 222 g/mol. The van der Waals surface area contributed by atoms with Crippen molar-refractivity contribution >= 4 is 5.78 Å². The van der Waals surface area contributed by atoms with Gasteiger partial charge in [-0.05, 0) is 23.6 Å². The number of hydrogen-bond acceptors (Lipinski definition) is 1. The maximum absolute atomic E-state index is 11.9. The summed E-state index contributed by atoms with van der Waals surface area (Å²) in [6, 6.07) is 10.4. The molecule has 3 rings (SSSR count). The standard InChI is InChI=1S/C16H14O/c1-11-10-14(12-6-3-2-4-7-12)13-8-5-9-15(17)16(11)13/h2-8,10,14H,9H2,1H3. The molecule has 0 fully saturated rings. The molecular formula is C16H14O. The molecule has 1 atom stereocenters. The van der Waals surface area contributed by atoms with Crippen molar-refractivity contribution in [2.75, 3.05) is 0 Å². The maximum Gasteiger partial charge on any atom is 0.167 e. The van der Waals surface area contributed by atoms with Crippen molar-refractivity contribution in [2.24, 2.45) is 0 Å². The third kappa shape index (κ3) is 1.59. The minimum atomic E-state index is 0.256. The maximum atomic E-state index is 11.9. The summed E-state index contributed by atoms with van der Waals surface area (Å²) in [5.74, 6) is 0.515. The van der Waals surface area contributed by atoms with Gasteiger partial charge in [0.15, 0.2) is 5.78 Å². The van der Waals surface area contributed by atoms with Crippen molar-refractivity contribution in [3.05, 3.63) is 70.8 Å². The van der Waals surface area contributed by atoms with E-state index in [1.807, 2.05) is 31.2 Å². The summed E-state index contributed by atoms with van der Waals surface area (Å²) in [7, 11) is 0. The summed E-state index contributed by atoms with van der Waals surface area (Å²) in [5.41, 5.74) is 4.51. The van der Waals surface area contributed by atoms with Crippen molar-refractivity contribution in [3.8, 4) is 0 Å². The Balaban J connectivity index is 2.10. The Bertz CT molecular complexity index is 558. The summed E-state index contributed by atoms with van der Waals surface area (Å²) in [5, 5.41) is 0. The number of hydrogen-bond donors (Lipinski definition) is 0. The van der Waals surface area contributed by atoms with Crippen LogP contribution in [0.15, 0.2) is 65.3 Å². The van der Waals surface area contributed by atoms with Gasteiger partial charge in [-0.2, -0.15) is 0 Å². The lowest BCUT2D eigenvalue weighted by molar-refractivity contribution is -0.114. The Labute approximate surface area is 101 Å². The molecule has 1 heteroatoms. The molecule has 0 radical (unpaired) electrons. The summed E-state index contributed by atoms with van der Waals surface area (Å²) in [6.45, 7) is 2.04. The highest BCUT2D eigenvalue weighted by atomic mass is 16.1. The van der Waals surface area contributed by atoms with Crippen molar-refractivity contribution in [2.45, 2.75) is 19.3 Å². The molecule has 17 heavy (non-hydrogen) atoms. The summed E-state index contributed by atoms with van der Waals surface area (Å²) >= 11 is 0. The van der Waals surface area contributed by atoms with Crippen LogP contribution in [0.25, 0.3) is 0 Å². The van der Waals surface area contributed by atoms with E-state index in [0.717, 1.165) is 11.1 Å². The molecule has 0 aliphatic heterocycles. The van der Waals surface area contributed by atoms with E-state index < -0.39 is 0 Å². The third-order valence-corrected chi connectivity index (χ3v) is 3.47. The van der Waals surface area contributed by atoms with E-state index in [1.54, 1.807) is 0 Å². The second-order valence-electron chi connectivity index (χ2n) is 4.60. The molecule has 0 aromatic heterocycles. The van der Waals surface area contributed by atoms with Crippen molar-refractivity contribution < 1.29 is 4.79 Å². The number of benzene rings is 1. The lowest BCUT2D eigenvalue weighted by atomic mass is 9.88. The Kier molecular flexibility index (Phi) is 2.32. The van der Waals surface area contributed by atoms with Crippen LogP contribution in [0.1, 0.15) is 24.8 Å². The molecule has 2 aliphatic rings. The molecule has 0 saturated carbocycles. The highest BCUT2D eigenvalue weighted by molar-refractivity contribution is 6.04. The smallest absolute Gasteiger partial charge is 0.167 e. The molecule has 84 valence electrons. The first-order chi connectivity index (χ1) is 8.27. The van der Waals surface area contributed by atoms with E-state index >= 15 is 0 Å². The van der Waals surface area contributed by atoms with Crippen LogP contribution >= 0.6 is 0 Å². The molecule has 0 amide bonds. The molecule has 0 N–H and O–H groups in total. The topological polar surface area (TPSA) is 17.1 Å². The number of ketones is 1. The summed E-state index contributed by atoms with van der Waals surface area (Å²) in [6.07, 6.45) is 6.84. The van der Waals surface area contributed by atoms with Crippen LogP contribution < -0.4 is 0 Å². The molecule has 0 bridgehead atoms. The molecule has 1 nitrogen and oxygen atoms in total.